The molecule has 2 aliphatic heterocycles. The second kappa shape index (κ2) is 10.5. The van der Waals surface area contributed by atoms with Gasteiger partial charge < -0.3 is 20.7 Å². The molecule has 1 amide bonds. The maximum atomic E-state index is 12.4. The Morgan fingerprint density at radius 1 is 1.21 bits per heavy atom. The number of carbonyl (C=O) groups is 1. The van der Waals surface area contributed by atoms with Crippen LogP contribution in [-0.4, -0.2) is 65.0 Å². The van der Waals surface area contributed by atoms with Crippen LogP contribution >= 0.6 is 0 Å². The standard InChI is InChI=1S/C26H36N6O2/c1-26(2,3)34-25(33)32-13-9-18(10-14-32)21-5-4-6-22-24(21)31-23(17-30-22)19(15-27)16-29-20-7-11-28-12-8-20/h4-6,15-18,20,28H,7-14,27H2,1-3H3. The summed E-state index contributed by atoms with van der Waals surface area (Å²) in [7, 11) is 0. The Bertz CT molecular complexity index is 1060. The van der Waals surface area contributed by atoms with Crippen LogP contribution in [0, 0.1) is 0 Å². The minimum atomic E-state index is -0.485. The molecule has 2 fully saturated rings. The molecular weight excluding hydrogens is 428 g/mol. The summed E-state index contributed by atoms with van der Waals surface area (Å²) >= 11 is 0. The summed E-state index contributed by atoms with van der Waals surface area (Å²) < 4.78 is 5.54. The van der Waals surface area contributed by atoms with E-state index in [1.807, 2.05) is 39.1 Å². The largest absolute Gasteiger partial charge is 0.444 e. The van der Waals surface area contributed by atoms with E-state index in [0.717, 1.165) is 61.1 Å². The average Bonchev–Trinajstić information content (AvgIpc) is 2.84. The van der Waals surface area contributed by atoms with E-state index < -0.39 is 5.60 Å². The molecule has 2 aliphatic rings. The van der Waals surface area contributed by atoms with Gasteiger partial charge in [-0.05, 0) is 77.1 Å². The van der Waals surface area contributed by atoms with Crippen LogP contribution in [0.15, 0.2) is 35.6 Å². The summed E-state index contributed by atoms with van der Waals surface area (Å²) in [4.78, 5) is 28.6. The number of allylic oxidation sites excluding steroid dienone is 1. The predicted molar refractivity (Wildman–Crippen MR) is 136 cm³/mol. The van der Waals surface area contributed by atoms with Gasteiger partial charge in [0.05, 0.1) is 29.0 Å². The van der Waals surface area contributed by atoms with Crippen molar-refractivity contribution in [3.05, 3.63) is 41.9 Å². The molecule has 0 radical (unpaired) electrons. The average molecular weight is 465 g/mol. The molecule has 8 heteroatoms. The van der Waals surface area contributed by atoms with E-state index in [1.165, 1.54) is 5.56 Å². The van der Waals surface area contributed by atoms with Gasteiger partial charge in [0.2, 0.25) is 0 Å². The number of piperidine rings is 2. The lowest BCUT2D eigenvalue weighted by Gasteiger charge is -2.33. The van der Waals surface area contributed by atoms with Crippen molar-refractivity contribution in [2.45, 2.75) is 64.0 Å². The van der Waals surface area contributed by atoms with E-state index in [1.54, 1.807) is 17.3 Å². The molecule has 0 bridgehead atoms. The molecule has 4 rings (SSSR count). The van der Waals surface area contributed by atoms with Gasteiger partial charge in [-0.25, -0.2) is 9.78 Å². The lowest BCUT2D eigenvalue weighted by molar-refractivity contribution is 0.0205. The van der Waals surface area contributed by atoms with Crippen molar-refractivity contribution in [1.29, 1.82) is 0 Å². The molecule has 1 aromatic heterocycles. The number of nitrogens with zero attached hydrogens (tertiary/aromatic N) is 4. The molecule has 3 N–H and O–H groups in total. The van der Waals surface area contributed by atoms with Crippen molar-refractivity contribution >= 4 is 28.9 Å². The summed E-state index contributed by atoms with van der Waals surface area (Å²) in [6.45, 7) is 9.01. The number of rotatable bonds is 4. The molecule has 182 valence electrons. The monoisotopic (exact) mass is 464 g/mol. The number of benzene rings is 1. The van der Waals surface area contributed by atoms with Crippen LogP contribution in [0.3, 0.4) is 0 Å². The Kier molecular flexibility index (Phi) is 7.46. The second-order valence-corrected chi connectivity index (χ2v) is 10.1. The first-order valence-corrected chi connectivity index (χ1v) is 12.2. The quantitative estimate of drug-likeness (QED) is 0.666. The molecule has 1 aromatic carbocycles. The Labute approximate surface area is 201 Å². The first-order chi connectivity index (χ1) is 16.3. The van der Waals surface area contributed by atoms with Gasteiger partial charge in [-0.2, -0.15) is 0 Å². The summed E-state index contributed by atoms with van der Waals surface area (Å²) in [5.41, 5.74) is 9.90. The lowest BCUT2D eigenvalue weighted by atomic mass is 9.88. The van der Waals surface area contributed by atoms with E-state index in [-0.39, 0.29) is 6.09 Å². The normalized spacial score (nSPS) is 19.1. The molecule has 2 aromatic rings. The van der Waals surface area contributed by atoms with Gasteiger partial charge in [0.1, 0.15) is 5.60 Å². The zero-order valence-electron chi connectivity index (χ0n) is 20.5. The predicted octanol–water partition coefficient (Wildman–Crippen LogP) is 3.87. The molecule has 0 saturated carbocycles. The van der Waals surface area contributed by atoms with E-state index in [2.05, 4.69) is 16.4 Å². The summed E-state index contributed by atoms with van der Waals surface area (Å²) in [6, 6.07) is 6.46. The van der Waals surface area contributed by atoms with Crippen molar-refractivity contribution in [3.8, 4) is 0 Å². The zero-order valence-corrected chi connectivity index (χ0v) is 20.5. The fraction of sp³-hybridized carbons (Fsp3) is 0.538. The molecule has 0 atom stereocenters. The molecule has 0 spiro atoms. The number of para-hydroxylation sites is 1. The van der Waals surface area contributed by atoms with Crippen molar-refractivity contribution in [2.75, 3.05) is 26.2 Å². The fourth-order valence-corrected chi connectivity index (χ4v) is 4.56. The smallest absolute Gasteiger partial charge is 0.410 e. The van der Waals surface area contributed by atoms with Gasteiger partial charge in [0, 0.05) is 31.1 Å². The number of hydrogen-bond donors (Lipinski definition) is 2. The Morgan fingerprint density at radius 2 is 1.94 bits per heavy atom. The highest BCUT2D eigenvalue weighted by Gasteiger charge is 2.28. The van der Waals surface area contributed by atoms with Crippen LogP contribution in [0.25, 0.3) is 16.6 Å². The topological polar surface area (TPSA) is 106 Å². The number of nitrogens with one attached hydrogen (secondary N) is 1. The highest BCUT2D eigenvalue weighted by atomic mass is 16.6. The maximum Gasteiger partial charge on any atom is 0.410 e. The van der Waals surface area contributed by atoms with Gasteiger partial charge in [-0.1, -0.05) is 12.1 Å². The van der Waals surface area contributed by atoms with Gasteiger partial charge >= 0.3 is 6.09 Å². The van der Waals surface area contributed by atoms with E-state index in [4.69, 9.17) is 20.4 Å². The number of ether oxygens (including phenoxy) is 1. The number of nitrogens with two attached hydrogens (primary N) is 1. The molecule has 34 heavy (non-hydrogen) atoms. The zero-order chi connectivity index (χ0) is 24.1. The Morgan fingerprint density at radius 3 is 2.62 bits per heavy atom. The van der Waals surface area contributed by atoms with E-state index in [0.29, 0.717) is 25.0 Å². The highest BCUT2D eigenvalue weighted by Crippen LogP contribution is 2.32. The Hall–Kier alpha value is -3.00. The third-order valence-electron chi connectivity index (χ3n) is 6.40. The molecule has 3 heterocycles. The number of fused-ring (bicyclic) bond motifs is 1. The van der Waals surface area contributed by atoms with Gasteiger partial charge in [-0.3, -0.25) is 9.98 Å². The number of aromatic nitrogens is 2. The first kappa shape index (κ1) is 24.1. The van der Waals surface area contributed by atoms with Crippen LogP contribution in [0.4, 0.5) is 4.79 Å². The van der Waals surface area contributed by atoms with Gasteiger partial charge in [0.15, 0.2) is 0 Å². The molecule has 8 nitrogen and oxygen atoms in total. The van der Waals surface area contributed by atoms with Crippen molar-refractivity contribution in [1.82, 2.24) is 20.2 Å². The summed E-state index contributed by atoms with van der Waals surface area (Å²) in [5, 5.41) is 3.36. The fourth-order valence-electron chi connectivity index (χ4n) is 4.56. The first-order valence-electron chi connectivity index (χ1n) is 12.2. The molecule has 2 saturated heterocycles. The van der Waals surface area contributed by atoms with Crippen LogP contribution in [-0.2, 0) is 4.74 Å². The van der Waals surface area contributed by atoms with Gasteiger partial charge in [-0.15, -0.1) is 0 Å². The number of amides is 1. The number of hydrogen-bond acceptors (Lipinski definition) is 7. The second-order valence-electron chi connectivity index (χ2n) is 10.1. The number of carbonyl (C=O) groups excluding carboxylic acids is 1. The highest BCUT2D eigenvalue weighted by molar-refractivity contribution is 6.09. The van der Waals surface area contributed by atoms with Crippen LogP contribution < -0.4 is 11.1 Å². The molecule has 0 unspecified atom stereocenters. The van der Waals surface area contributed by atoms with Crippen LogP contribution in [0.5, 0.6) is 0 Å². The summed E-state index contributed by atoms with van der Waals surface area (Å²) in [6.07, 6.45) is 8.72. The van der Waals surface area contributed by atoms with E-state index in [9.17, 15) is 4.79 Å². The third-order valence-corrected chi connectivity index (χ3v) is 6.40. The third kappa shape index (κ3) is 5.91. The molecular formula is C26H36N6O2. The number of likely N-dealkylation sites (tertiary alicyclic amines) is 1. The minimum Gasteiger partial charge on any atom is -0.444 e. The van der Waals surface area contributed by atoms with Crippen LogP contribution in [0.2, 0.25) is 0 Å². The molecule has 0 aliphatic carbocycles. The Balaban J connectivity index is 1.51. The maximum absolute atomic E-state index is 12.4. The van der Waals surface area contributed by atoms with Crippen molar-refractivity contribution < 1.29 is 9.53 Å². The SMILES string of the molecule is CC(C)(C)OC(=O)N1CCC(c2cccc3ncc(C(C=NC4CCNCC4)=CN)nc23)CC1. The minimum absolute atomic E-state index is 0.239. The lowest BCUT2D eigenvalue weighted by Crippen LogP contribution is -2.41. The van der Waals surface area contributed by atoms with Gasteiger partial charge in [0.25, 0.3) is 0 Å². The van der Waals surface area contributed by atoms with Crippen molar-refractivity contribution in [3.63, 3.8) is 0 Å². The van der Waals surface area contributed by atoms with Crippen LogP contribution in [0.1, 0.15) is 63.6 Å². The van der Waals surface area contributed by atoms with E-state index >= 15 is 0 Å². The summed E-state index contributed by atoms with van der Waals surface area (Å²) in [5.74, 6) is 0.306. The van der Waals surface area contributed by atoms with Crippen molar-refractivity contribution in [2.24, 2.45) is 10.7 Å². The number of aliphatic imine (C=N–C) groups is 1.